The van der Waals surface area contributed by atoms with Gasteiger partial charge in [0.15, 0.2) is 0 Å². The molecule has 2 heterocycles. The number of rotatable bonds is 3. The molecule has 0 saturated carbocycles. The van der Waals surface area contributed by atoms with Crippen LogP contribution in [0.4, 0.5) is 4.39 Å². The van der Waals surface area contributed by atoms with E-state index in [1.54, 1.807) is 36.4 Å². The summed E-state index contributed by atoms with van der Waals surface area (Å²) in [5.41, 5.74) is -0.00299. The van der Waals surface area contributed by atoms with Gasteiger partial charge in [0, 0.05) is 37.7 Å². The number of hydrogen-bond donors (Lipinski definition) is 0. The summed E-state index contributed by atoms with van der Waals surface area (Å²) < 4.78 is 48.4. The Morgan fingerprint density at radius 1 is 1.11 bits per heavy atom. The molecule has 0 bridgehead atoms. The topological polar surface area (TPSA) is 49.9 Å². The first-order valence-corrected chi connectivity index (χ1v) is 11.0. The Bertz CT molecular complexity index is 979. The van der Waals surface area contributed by atoms with Gasteiger partial charge in [-0.25, -0.2) is 12.8 Å². The Kier molecular flexibility index (Phi) is 4.93. The summed E-state index contributed by atoms with van der Waals surface area (Å²) in [5.74, 6) is 0.181. The lowest BCUT2D eigenvalue weighted by atomic mass is 10.0. The van der Waals surface area contributed by atoms with Gasteiger partial charge in [0.2, 0.25) is 10.0 Å². The summed E-state index contributed by atoms with van der Waals surface area (Å²) in [6, 6.07) is 13.4. The van der Waals surface area contributed by atoms with E-state index in [-0.39, 0.29) is 23.3 Å². The van der Waals surface area contributed by atoms with Crippen molar-refractivity contribution >= 4 is 10.0 Å². The average Bonchev–Trinajstić information content (AvgIpc) is 3.00. The van der Waals surface area contributed by atoms with E-state index in [1.807, 2.05) is 19.9 Å². The number of halogens is 1. The van der Waals surface area contributed by atoms with Gasteiger partial charge < -0.3 is 4.74 Å². The zero-order chi connectivity index (χ0) is 19.9. The van der Waals surface area contributed by atoms with Crippen molar-refractivity contribution in [3.05, 3.63) is 59.9 Å². The van der Waals surface area contributed by atoms with Gasteiger partial charge in [0.25, 0.3) is 0 Å². The normalized spacial score (nSPS) is 24.9. The molecule has 2 aliphatic heterocycles. The Labute approximate surface area is 165 Å². The Hall–Kier alpha value is -1.96. The molecule has 0 N–H and O–H groups in total. The number of likely N-dealkylation sites (tertiary alicyclic amines) is 1. The molecule has 150 valence electrons. The van der Waals surface area contributed by atoms with Crippen molar-refractivity contribution in [2.24, 2.45) is 0 Å². The van der Waals surface area contributed by atoms with Crippen LogP contribution in [0.1, 0.15) is 25.8 Å². The van der Waals surface area contributed by atoms with Crippen molar-refractivity contribution in [1.82, 2.24) is 9.21 Å². The SMILES string of the molecule is CC(C)N1C[C@@]2(CCN(Cc3ccccc3F)C2)Oc2ccccc2S1(=O)=O. The van der Waals surface area contributed by atoms with Gasteiger partial charge in [0.1, 0.15) is 22.1 Å². The van der Waals surface area contributed by atoms with E-state index in [0.717, 1.165) is 6.54 Å². The zero-order valence-electron chi connectivity index (χ0n) is 16.1. The summed E-state index contributed by atoms with van der Waals surface area (Å²) >= 11 is 0. The molecule has 7 heteroatoms. The number of benzene rings is 2. The third kappa shape index (κ3) is 3.43. The van der Waals surface area contributed by atoms with Crippen molar-refractivity contribution in [3.8, 4) is 5.75 Å². The first kappa shape index (κ1) is 19.4. The highest BCUT2D eigenvalue weighted by atomic mass is 32.2. The molecular formula is C21H25FN2O3S. The summed E-state index contributed by atoms with van der Waals surface area (Å²) in [4.78, 5) is 2.35. The van der Waals surface area contributed by atoms with Crippen LogP contribution >= 0.6 is 0 Å². The van der Waals surface area contributed by atoms with Crippen LogP contribution in [-0.4, -0.2) is 48.9 Å². The van der Waals surface area contributed by atoms with E-state index in [1.165, 1.54) is 10.4 Å². The molecule has 0 unspecified atom stereocenters. The molecule has 0 radical (unpaired) electrons. The fourth-order valence-corrected chi connectivity index (χ4v) is 5.94. The highest BCUT2D eigenvalue weighted by Gasteiger charge is 2.48. The number of nitrogens with zero attached hydrogens (tertiary/aromatic N) is 2. The molecule has 0 aliphatic carbocycles. The third-order valence-corrected chi connectivity index (χ3v) is 7.59. The largest absolute Gasteiger partial charge is 0.483 e. The van der Waals surface area contributed by atoms with Gasteiger partial charge in [-0.2, -0.15) is 4.31 Å². The van der Waals surface area contributed by atoms with E-state index in [9.17, 15) is 12.8 Å². The van der Waals surface area contributed by atoms with E-state index < -0.39 is 15.6 Å². The van der Waals surface area contributed by atoms with Crippen LogP contribution in [-0.2, 0) is 16.6 Å². The second-order valence-corrected chi connectivity index (χ2v) is 9.79. The van der Waals surface area contributed by atoms with Crippen molar-refractivity contribution in [3.63, 3.8) is 0 Å². The second-order valence-electron chi connectivity index (χ2n) is 7.93. The van der Waals surface area contributed by atoms with Gasteiger partial charge in [-0.1, -0.05) is 30.3 Å². The first-order chi connectivity index (χ1) is 13.3. The fourth-order valence-electron chi connectivity index (χ4n) is 4.11. The smallest absolute Gasteiger partial charge is 0.247 e. The van der Waals surface area contributed by atoms with Crippen molar-refractivity contribution in [2.75, 3.05) is 19.6 Å². The standard InChI is InChI=1S/C21H25FN2O3S/c1-16(2)24-15-21(27-19-9-5-6-10-20(19)28(24,25)26)11-12-23(14-21)13-17-7-3-4-8-18(17)22/h3-10,16H,11-15H2,1-2H3/t21-/m0/s1. The summed E-state index contributed by atoms with van der Waals surface area (Å²) in [6.07, 6.45) is 0.689. The van der Waals surface area contributed by atoms with Crippen LogP contribution in [0, 0.1) is 5.82 Å². The Morgan fingerprint density at radius 2 is 1.82 bits per heavy atom. The summed E-state index contributed by atoms with van der Waals surface area (Å²) in [5, 5.41) is 0. The van der Waals surface area contributed by atoms with E-state index in [4.69, 9.17) is 4.74 Å². The highest BCUT2D eigenvalue weighted by Crippen LogP contribution is 2.39. The van der Waals surface area contributed by atoms with Gasteiger partial charge in [-0.15, -0.1) is 0 Å². The molecule has 2 aliphatic rings. The first-order valence-electron chi connectivity index (χ1n) is 9.56. The zero-order valence-corrected chi connectivity index (χ0v) is 17.0. The van der Waals surface area contributed by atoms with Crippen LogP contribution < -0.4 is 4.74 Å². The average molecular weight is 405 g/mol. The summed E-state index contributed by atoms with van der Waals surface area (Å²) in [6.45, 7) is 5.80. The quantitative estimate of drug-likeness (QED) is 0.788. The Balaban J connectivity index is 1.66. The van der Waals surface area contributed by atoms with Crippen molar-refractivity contribution < 1.29 is 17.5 Å². The van der Waals surface area contributed by atoms with Gasteiger partial charge >= 0.3 is 0 Å². The molecule has 1 spiro atoms. The highest BCUT2D eigenvalue weighted by molar-refractivity contribution is 7.89. The molecule has 0 amide bonds. The lowest BCUT2D eigenvalue weighted by Crippen LogP contribution is -2.51. The molecule has 1 atom stereocenters. The van der Waals surface area contributed by atoms with Gasteiger partial charge in [-0.3, -0.25) is 4.90 Å². The minimum Gasteiger partial charge on any atom is -0.483 e. The number of hydrogen-bond acceptors (Lipinski definition) is 4. The van der Waals surface area contributed by atoms with E-state index >= 15 is 0 Å². The molecule has 5 nitrogen and oxygen atoms in total. The summed E-state index contributed by atoms with van der Waals surface area (Å²) in [7, 11) is -3.64. The van der Waals surface area contributed by atoms with Crippen LogP contribution in [0.5, 0.6) is 5.75 Å². The molecule has 2 aromatic carbocycles. The number of fused-ring (bicyclic) bond motifs is 1. The minimum atomic E-state index is -3.64. The molecule has 1 fully saturated rings. The van der Waals surface area contributed by atoms with Gasteiger partial charge in [-0.05, 0) is 32.0 Å². The lowest BCUT2D eigenvalue weighted by molar-refractivity contribution is 0.0531. The van der Waals surface area contributed by atoms with Gasteiger partial charge in [0.05, 0.1) is 6.54 Å². The fraction of sp³-hybridized carbons (Fsp3) is 0.429. The maximum Gasteiger partial charge on any atom is 0.247 e. The monoisotopic (exact) mass is 404 g/mol. The lowest BCUT2D eigenvalue weighted by Gasteiger charge is -2.33. The minimum absolute atomic E-state index is 0.183. The molecular weight excluding hydrogens is 379 g/mol. The molecule has 4 rings (SSSR count). The van der Waals surface area contributed by atoms with Crippen LogP contribution in [0.25, 0.3) is 0 Å². The van der Waals surface area contributed by atoms with Crippen LogP contribution in [0.15, 0.2) is 53.4 Å². The van der Waals surface area contributed by atoms with Crippen LogP contribution in [0.3, 0.4) is 0 Å². The predicted molar refractivity (Wildman–Crippen MR) is 105 cm³/mol. The van der Waals surface area contributed by atoms with Crippen LogP contribution in [0.2, 0.25) is 0 Å². The number of para-hydroxylation sites is 1. The molecule has 2 aromatic rings. The molecule has 0 aromatic heterocycles. The molecule has 1 saturated heterocycles. The maximum absolute atomic E-state index is 14.1. The van der Waals surface area contributed by atoms with Crippen molar-refractivity contribution in [1.29, 1.82) is 0 Å². The number of sulfonamides is 1. The maximum atomic E-state index is 14.1. The predicted octanol–water partition coefficient (Wildman–Crippen LogP) is 3.26. The third-order valence-electron chi connectivity index (χ3n) is 5.53. The van der Waals surface area contributed by atoms with Crippen molar-refractivity contribution in [2.45, 2.75) is 43.4 Å². The molecule has 28 heavy (non-hydrogen) atoms. The van der Waals surface area contributed by atoms with E-state index in [0.29, 0.717) is 30.8 Å². The van der Waals surface area contributed by atoms with E-state index in [2.05, 4.69) is 4.90 Å². The second kappa shape index (κ2) is 7.13. The number of ether oxygens (including phenoxy) is 1. The Morgan fingerprint density at radius 3 is 2.57 bits per heavy atom.